The van der Waals surface area contributed by atoms with Crippen molar-refractivity contribution in [1.29, 1.82) is 0 Å². The van der Waals surface area contributed by atoms with E-state index in [1.165, 1.54) is 11.6 Å². The normalized spacial score (nSPS) is 15.4. The topological polar surface area (TPSA) is 49.4 Å². The van der Waals surface area contributed by atoms with Crippen LogP contribution < -0.4 is 10.2 Å². The van der Waals surface area contributed by atoms with Crippen LogP contribution in [0.25, 0.3) is 6.08 Å². The van der Waals surface area contributed by atoms with Gasteiger partial charge in [0.05, 0.1) is 0 Å². The van der Waals surface area contributed by atoms with Crippen LogP contribution in [0.2, 0.25) is 0 Å². The molecule has 2 aromatic carbocycles. The van der Waals surface area contributed by atoms with Gasteiger partial charge in [0.1, 0.15) is 0 Å². The summed E-state index contributed by atoms with van der Waals surface area (Å²) in [4.78, 5) is 26.2. The van der Waals surface area contributed by atoms with Gasteiger partial charge in [-0.1, -0.05) is 65.0 Å². The highest BCUT2D eigenvalue weighted by Gasteiger charge is 2.36. The number of amides is 2. The molecule has 0 saturated heterocycles. The molecular weight excluding hydrogens is 360 g/mol. The van der Waals surface area contributed by atoms with Gasteiger partial charge >= 0.3 is 0 Å². The standard InChI is InChI=1S/C25H30N2O2/c1-17(28)27-16-25(5,6)21-13-12-20(15-22(21)27)26-23(29)14-9-18-7-10-19(11-8-18)24(2,3)4/h7-15H,16H2,1-6H3,(H,26,29)/b14-9+. The Labute approximate surface area is 173 Å². The number of anilines is 2. The van der Waals surface area contributed by atoms with E-state index in [0.717, 1.165) is 16.8 Å². The van der Waals surface area contributed by atoms with Crippen molar-refractivity contribution in [2.24, 2.45) is 0 Å². The average Bonchev–Trinajstić information content (AvgIpc) is 2.90. The first-order valence-electron chi connectivity index (χ1n) is 10.00. The molecular formula is C25H30N2O2. The minimum atomic E-state index is -0.198. The number of fused-ring (bicyclic) bond motifs is 1. The molecule has 1 aliphatic heterocycles. The molecule has 0 aromatic heterocycles. The Morgan fingerprint density at radius 1 is 1.07 bits per heavy atom. The molecule has 0 radical (unpaired) electrons. The SMILES string of the molecule is CC(=O)N1CC(C)(C)c2ccc(NC(=O)/C=C/c3ccc(C(C)(C)C)cc3)cc21. The van der Waals surface area contributed by atoms with Gasteiger partial charge in [0.15, 0.2) is 0 Å². The number of nitrogens with zero attached hydrogens (tertiary/aromatic N) is 1. The Hall–Kier alpha value is -2.88. The number of benzene rings is 2. The molecule has 0 bridgehead atoms. The summed E-state index contributed by atoms with van der Waals surface area (Å²) < 4.78 is 0. The summed E-state index contributed by atoms with van der Waals surface area (Å²) in [7, 11) is 0. The van der Waals surface area contributed by atoms with Gasteiger partial charge < -0.3 is 10.2 Å². The monoisotopic (exact) mass is 390 g/mol. The van der Waals surface area contributed by atoms with Crippen LogP contribution in [-0.2, 0) is 20.4 Å². The third-order valence-corrected chi connectivity index (χ3v) is 5.42. The summed E-state index contributed by atoms with van der Waals surface area (Å²) in [6.07, 6.45) is 3.34. The first-order valence-corrected chi connectivity index (χ1v) is 10.00. The number of carbonyl (C=O) groups excluding carboxylic acids is 2. The summed E-state index contributed by atoms with van der Waals surface area (Å²) in [6, 6.07) is 14.0. The van der Waals surface area contributed by atoms with Crippen molar-refractivity contribution in [2.45, 2.75) is 52.4 Å². The van der Waals surface area contributed by atoms with Crippen LogP contribution >= 0.6 is 0 Å². The zero-order chi connectivity index (χ0) is 21.4. The van der Waals surface area contributed by atoms with Crippen LogP contribution in [0.5, 0.6) is 0 Å². The lowest BCUT2D eigenvalue weighted by Gasteiger charge is -2.19. The lowest BCUT2D eigenvalue weighted by molar-refractivity contribution is -0.116. The number of hydrogen-bond acceptors (Lipinski definition) is 2. The number of nitrogens with one attached hydrogen (secondary N) is 1. The van der Waals surface area contributed by atoms with Gasteiger partial charge in [0.2, 0.25) is 11.8 Å². The summed E-state index contributed by atoms with van der Waals surface area (Å²) in [5.41, 5.74) is 4.94. The highest BCUT2D eigenvalue weighted by atomic mass is 16.2. The largest absolute Gasteiger partial charge is 0.322 e. The Bertz CT molecular complexity index is 963. The van der Waals surface area contributed by atoms with E-state index in [0.29, 0.717) is 12.2 Å². The van der Waals surface area contributed by atoms with Gasteiger partial charge in [0.25, 0.3) is 0 Å². The number of rotatable bonds is 3. The van der Waals surface area contributed by atoms with Crippen LogP contribution in [0.1, 0.15) is 58.2 Å². The quantitative estimate of drug-likeness (QED) is 0.725. The van der Waals surface area contributed by atoms with E-state index in [2.05, 4.69) is 52.1 Å². The molecule has 2 amide bonds. The molecule has 29 heavy (non-hydrogen) atoms. The fourth-order valence-corrected chi connectivity index (χ4v) is 3.70. The minimum absolute atomic E-state index is 0.0129. The second-order valence-electron chi connectivity index (χ2n) is 9.42. The summed E-state index contributed by atoms with van der Waals surface area (Å²) in [5.74, 6) is -0.185. The first kappa shape index (κ1) is 20.8. The molecule has 1 heterocycles. The molecule has 2 aromatic rings. The van der Waals surface area contributed by atoms with Crippen molar-refractivity contribution < 1.29 is 9.59 Å². The summed E-state index contributed by atoms with van der Waals surface area (Å²) >= 11 is 0. The highest BCUT2D eigenvalue weighted by Crippen LogP contribution is 2.41. The molecule has 0 spiro atoms. The van der Waals surface area contributed by atoms with Crippen molar-refractivity contribution in [3.8, 4) is 0 Å². The summed E-state index contributed by atoms with van der Waals surface area (Å²) in [6.45, 7) is 13.0. The van der Waals surface area contributed by atoms with E-state index >= 15 is 0 Å². The lowest BCUT2D eigenvalue weighted by Crippen LogP contribution is -2.32. The highest BCUT2D eigenvalue weighted by molar-refractivity contribution is 6.03. The third-order valence-electron chi connectivity index (χ3n) is 5.42. The second-order valence-corrected chi connectivity index (χ2v) is 9.42. The van der Waals surface area contributed by atoms with E-state index in [-0.39, 0.29) is 22.6 Å². The predicted molar refractivity (Wildman–Crippen MR) is 120 cm³/mol. The fraction of sp³-hybridized carbons (Fsp3) is 0.360. The zero-order valence-corrected chi connectivity index (χ0v) is 18.2. The number of carbonyl (C=O) groups is 2. The van der Waals surface area contributed by atoms with Crippen molar-refractivity contribution >= 4 is 29.3 Å². The van der Waals surface area contributed by atoms with Crippen LogP contribution in [0.15, 0.2) is 48.5 Å². The Morgan fingerprint density at radius 3 is 2.31 bits per heavy atom. The maximum absolute atomic E-state index is 12.4. The lowest BCUT2D eigenvalue weighted by atomic mass is 9.87. The average molecular weight is 391 g/mol. The summed E-state index contributed by atoms with van der Waals surface area (Å²) in [5, 5.41) is 2.90. The van der Waals surface area contributed by atoms with Crippen molar-refractivity contribution in [2.75, 3.05) is 16.8 Å². The van der Waals surface area contributed by atoms with Gasteiger partial charge in [-0.2, -0.15) is 0 Å². The van der Waals surface area contributed by atoms with Gasteiger partial charge in [-0.25, -0.2) is 0 Å². The molecule has 0 saturated carbocycles. The third kappa shape index (κ3) is 4.58. The maximum atomic E-state index is 12.4. The Balaban J connectivity index is 1.72. The molecule has 4 heteroatoms. The Kier molecular flexibility index (Phi) is 5.40. The predicted octanol–water partition coefficient (Wildman–Crippen LogP) is 5.28. The molecule has 1 aliphatic rings. The van der Waals surface area contributed by atoms with Crippen molar-refractivity contribution in [3.63, 3.8) is 0 Å². The van der Waals surface area contributed by atoms with Gasteiger partial charge in [-0.3, -0.25) is 9.59 Å². The van der Waals surface area contributed by atoms with Crippen LogP contribution in [-0.4, -0.2) is 18.4 Å². The molecule has 1 N–H and O–H groups in total. The smallest absolute Gasteiger partial charge is 0.248 e. The van der Waals surface area contributed by atoms with E-state index in [1.54, 1.807) is 17.9 Å². The Morgan fingerprint density at radius 2 is 1.72 bits per heavy atom. The van der Waals surface area contributed by atoms with E-state index in [9.17, 15) is 9.59 Å². The maximum Gasteiger partial charge on any atom is 0.248 e. The molecule has 152 valence electrons. The van der Waals surface area contributed by atoms with Crippen LogP contribution in [0.4, 0.5) is 11.4 Å². The van der Waals surface area contributed by atoms with Crippen molar-refractivity contribution in [1.82, 2.24) is 0 Å². The molecule has 0 aliphatic carbocycles. The molecule has 0 unspecified atom stereocenters. The van der Waals surface area contributed by atoms with Crippen LogP contribution in [0.3, 0.4) is 0 Å². The van der Waals surface area contributed by atoms with Gasteiger partial charge in [-0.15, -0.1) is 0 Å². The number of hydrogen-bond donors (Lipinski definition) is 1. The van der Waals surface area contributed by atoms with E-state index < -0.39 is 0 Å². The van der Waals surface area contributed by atoms with E-state index in [1.807, 2.05) is 30.3 Å². The first-order chi connectivity index (χ1) is 13.5. The molecule has 3 rings (SSSR count). The second kappa shape index (κ2) is 7.51. The molecule has 0 atom stereocenters. The fourth-order valence-electron chi connectivity index (χ4n) is 3.70. The van der Waals surface area contributed by atoms with Crippen molar-refractivity contribution in [3.05, 3.63) is 65.2 Å². The van der Waals surface area contributed by atoms with Gasteiger partial charge in [0, 0.05) is 36.3 Å². The molecule has 0 fully saturated rings. The van der Waals surface area contributed by atoms with E-state index in [4.69, 9.17) is 0 Å². The van der Waals surface area contributed by atoms with Gasteiger partial charge in [-0.05, 0) is 40.3 Å². The molecule has 4 nitrogen and oxygen atoms in total. The zero-order valence-electron chi connectivity index (χ0n) is 18.2. The minimum Gasteiger partial charge on any atom is -0.322 e. The van der Waals surface area contributed by atoms with Crippen LogP contribution in [0, 0.1) is 0 Å².